The molecule has 1 aromatic heterocycles. The number of benzene rings is 1. The van der Waals surface area contributed by atoms with Crippen molar-refractivity contribution in [3.63, 3.8) is 0 Å². The van der Waals surface area contributed by atoms with Gasteiger partial charge in [0.05, 0.1) is 0 Å². The Morgan fingerprint density at radius 1 is 1.27 bits per heavy atom. The Labute approximate surface area is 93.0 Å². The Morgan fingerprint density at radius 2 is 2.07 bits per heavy atom. The fraction of sp³-hybridized carbons (Fsp3) is 0.273. The highest BCUT2D eigenvalue weighted by atomic mass is 32.1. The topological polar surface area (TPSA) is 51.8 Å². The van der Waals surface area contributed by atoms with Crippen LogP contribution in [0.25, 0.3) is 10.6 Å². The van der Waals surface area contributed by atoms with Crippen LogP contribution in [0.4, 0.5) is 0 Å². The molecule has 0 unspecified atom stereocenters. The Balaban J connectivity index is 2.49. The highest BCUT2D eigenvalue weighted by Crippen LogP contribution is 2.27. The predicted molar refractivity (Wildman–Crippen MR) is 62.7 cm³/mol. The standard InChI is InChI=1S/C11H13N3S/c1-7-4-3-5-9(8(7)2)11-14-13-10(6-12)15-11/h3-5H,6,12H2,1-2H3. The minimum atomic E-state index is 0.461. The van der Waals surface area contributed by atoms with Gasteiger partial charge >= 0.3 is 0 Å². The second-order valence-corrected chi connectivity index (χ2v) is 4.51. The van der Waals surface area contributed by atoms with E-state index in [0.717, 1.165) is 15.6 Å². The van der Waals surface area contributed by atoms with Crippen molar-refractivity contribution in [2.75, 3.05) is 0 Å². The Morgan fingerprint density at radius 3 is 2.73 bits per heavy atom. The van der Waals surface area contributed by atoms with Crippen LogP contribution in [0.5, 0.6) is 0 Å². The maximum atomic E-state index is 5.52. The van der Waals surface area contributed by atoms with Crippen molar-refractivity contribution < 1.29 is 0 Å². The molecule has 0 saturated heterocycles. The first-order valence-corrected chi connectivity index (χ1v) is 5.63. The molecule has 15 heavy (non-hydrogen) atoms. The molecule has 3 nitrogen and oxygen atoms in total. The van der Waals surface area contributed by atoms with Gasteiger partial charge in [0.15, 0.2) is 0 Å². The Kier molecular flexibility index (Phi) is 2.79. The molecule has 0 bridgehead atoms. The van der Waals surface area contributed by atoms with Gasteiger partial charge in [-0.25, -0.2) is 0 Å². The molecule has 78 valence electrons. The molecule has 2 rings (SSSR count). The third-order valence-electron chi connectivity index (χ3n) is 2.48. The molecule has 1 heterocycles. The van der Waals surface area contributed by atoms with Crippen LogP contribution in [0.3, 0.4) is 0 Å². The number of hydrogen-bond acceptors (Lipinski definition) is 4. The second kappa shape index (κ2) is 4.08. The third-order valence-corrected chi connectivity index (χ3v) is 3.46. The third kappa shape index (κ3) is 1.91. The van der Waals surface area contributed by atoms with Crippen molar-refractivity contribution in [1.82, 2.24) is 10.2 Å². The lowest BCUT2D eigenvalue weighted by Crippen LogP contribution is -1.94. The second-order valence-electron chi connectivity index (χ2n) is 3.45. The first-order chi connectivity index (χ1) is 7.22. The maximum Gasteiger partial charge on any atom is 0.148 e. The monoisotopic (exact) mass is 219 g/mol. The van der Waals surface area contributed by atoms with Crippen molar-refractivity contribution in [1.29, 1.82) is 0 Å². The van der Waals surface area contributed by atoms with E-state index < -0.39 is 0 Å². The molecular weight excluding hydrogens is 206 g/mol. The van der Waals surface area contributed by atoms with E-state index >= 15 is 0 Å². The van der Waals surface area contributed by atoms with Crippen LogP contribution in [0.15, 0.2) is 18.2 Å². The van der Waals surface area contributed by atoms with Crippen LogP contribution in [0.2, 0.25) is 0 Å². The van der Waals surface area contributed by atoms with Gasteiger partial charge in [-0.15, -0.1) is 10.2 Å². The van der Waals surface area contributed by atoms with Crippen molar-refractivity contribution in [3.05, 3.63) is 34.3 Å². The number of nitrogens with zero attached hydrogens (tertiary/aromatic N) is 2. The predicted octanol–water partition coefficient (Wildman–Crippen LogP) is 2.28. The largest absolute Gasteiger partial charge is 0.324 e. The smallest absolute Gasteiger partial charge is 0.148 e. The highest BCUT2D eigenvalue weighted by Gasteiger charge is 2.08. The number of nitrogens with two attached hydrogens (primary N) is 1. The summed E-state index contributed by atoms with van der Waals surface area (Å²) in [6.45, 7) is 4.67. The van der Waals surface area contributed by atoms with Crippen LogP contribution in [-0.2, 0) is 6.54 Å². The summed E-state index contributed by atoms with van der Waals surface area (Å²) < 4.78 is 0. The van der Waals surface area contributed by atoms with E-state index in [1.165, 1.54) is 11.1 Å². The van der Waals surface area contributed by atoms with E-state index in [-0.39, 0.29) is 0 Å². The molecule has 0 aliphatic heterocycles. The summed E-state index contributed by atoms with van der Waals surface area (Å²) >= 11 is 1.56. The Hall–Kier alpha value is -1.26. The highest BCUT2D eigenvalue weighted by molar-refractivity contribution is 7.14. The maximum absolute atomic E-state index is 5.52. The van der Waals surface area contributed by atoms with Crippen molar-refractivity contribution in [3.8, 4) is 10.6 Å². The van der Waals surface area contributed by atoms with Gasteiger partial charge in [0.25, 0.3) is 0 Å². The van der Waals surface area contributed by atoms with E-state index in [2.05, 4.69) is 36.2 Å². The van der Waals surface area contributed by atoms with Gasteiger partial charge in [-0.3, -0.25) is 0 Å². The van der Waals surface area contributed by atoms with E-state index in [0.29, 0.717) is 6.54 Å². The molecule has 0 amide bonds. The summed E-state index contributed by atoms with van der Waals surface area (Å²) in [6.07, 6.45) is 0. The average molecular weight is 219 g/mol. The van der Waals surface area contributed by atoms with Crippen LogP contribution < -0.4 is 5.73 Å². The summed E-state index contributed by atoms with van der Waals surface area (Å²) in [5, 5.41) is 10.0. The molecule has 4 heteroatoms. The molecule has 2 N–H and O–H groups in total. The summed E-state index contributed by atoms with van der Waals surface area (Å²) in [5.41, 5.74) is 9.21. The van der Waals surface area contributed by atoms with Crippen LogP contribution >= 0.6 is 11.3 Å². The lowest BCUT2D eigenvalue weighted by molar-refractivity contribution is 0.960. The zero-order valence-corrected chi connectivity index (χ0v) is 9.64. The van der Waals surface area contributed by atoms with Gasteiger partial charge in [0.2, 0.25) is 0 Å². The fourth-order valence-corrected chi connectivity index (χ4v) is 2.23. The van der Waals surface area contributed by atoms with Gasteiger partial charge < -0.3 is 5.73 Å². The molecule has 0 radical (unpaired) electrons. The minimum Gasteiger partial charge on any atom is -0.324 e. The molecule has 0 saturated carbocycles. The molecule has 1 aromatic carbocycles. The fourth-order valence-electron chi connectivity index (χ4n) is 1.43. The van der Waals surface area contributed by atoms with Crippen LogP contribution in [-0.4, -0.2) is 10.2 Å². The summed E-state index contributed by atoms with van der Waals surface area (Å²) in [6, 6.07) is 6.22. The SMILES string of the molecule is Cc1cccc(-c2nnc(CN)s2)c1C. The van der Waals surface area contributed by atoms with E-state index in [1.807, 2.05) is 6.07 Å². The number of aromatic nitrogens is 2. The molecule has 0 aliphatic carbocycles. The van der Waals surface area contributed by atoms with Gasteiger partial charge in [-0.05, 0) is 25.0 Å². The molecular formula is C11H13N3S. The lowest BCUT2D eigenvalue weighted by atomic mass is 10.0. The molecule has 2 aromatic rings. The number of aryl methyl sites for hydroxylation is 1. The van der Waals surface area contributed by atoms with Gasteiger partial charge in [0.1, 0.15) is 10.0 Å². The summed E-state index contributed by atoms with van der Waals surface area (Å²) in [4.78, 5) is 0. The number of hydrogen-bond donors (Lipinski definition) is 1. The zero-order chi connectivity index (χ0) is 10.8. The molecule has 0 aliphatic rings. The van der Waals surface area contributed by atoms with Crippen LogP contribution in [0, 0.1) is 13.8 Å². The minimum absolute atomic E-state index is 0.461. The molecule has 0 spiro atoms. The Bertz CT molecular complexity index is 476. The number of rotatable bonds is 2. The van der Waals surface area contributed by atoms with Crippen molar-refractivity contribution in [2.24, 2.45) is 5.73 Å². The summed E-state index contributed by atoms with van der Waals surface area (Å²) in [7, 11) is 0. The lowest BCUT2D eigenvalue weighted by Gasteiger charge is -2.04. The van der Waals surface area contributed by atoms with E-state index in [9.17, 15) is 0 Å². The zero-order valence-electron chi connectivity index (χ0n) is 8.82. The van der Waals surface area contributed by atoms with Gasteiger partial charge in [-0.2, -0.15) is 0 Å². The van der Waals surface area contributed by atoms with Gasteiger partial charge in [-0.1, -0.05) is 29.5 Å². The normalized spacial score (nSPS) is 10.6. The van der Waals surface area contributed by atoms with Crippen molar-refractivity contribution in [2.45, 2.75) is 20.4 Å². The first kappa shape index (κ1) is 10.3. The van der Waals surface area contributed by atoms with Crippen molar-refractivity contribution >= 4 is 11.3 Å². The van der Waals surface area contributed by atoms with Crippen LogP contribution in [0.1, 0.15) is 16.1 Å². The quantitative estimate of drug-likeness (QED) is 0.843. The van der Waals surface area contributed by atoms with E-state index in [1.54, 1.807) is 11.3 Å². The summed E-state index contributed by atoms with van der Waals surface area (Å²) in [5.74, 6) is 0. The first-order valence-electron chi connectivity index (χ1n) is 4.81. The van der Waals surface area contributed by atoms with Gasteiger partial charge in [0, 0.05) is 12.1 Å². The molecule has 0 fully saturated rings. The average Bonchev–Trinajstić information content (AvgIpc) is 2.70. The molecule has 0 atom stereocenters. The van der Waals surface area contributed by atoms with E-state index in [4.69, 9.17) is 5.73 Å².